The fourth-order valence-corrected chi connectivity index (χ4v) is 6.86. The lowest BCUT2D eigenvalue weighted by Gasteiger charge is -2.13. The van der Waals surface area contributed by atoms with E-state index in [2.05, 4.69) is 115 Å². The van der Waals surface area contributed by atoms with Crippen molar-refractivity contribution < 1.29 is 4.42 Å². The molecule has 226 valence electrons. The molecule has 48 heavy (non-hydrogen) atoms. The highest BCUT2D eigenvalue weighted by molar-refractivity contribution is 6.33. The van der Waals surface area contributed by atoms with Crippen LogP contribution in [0, 0.1) is 0 Å². The number of benzene rings is 7. The van der Waals surface area contributed by atoms with Crippen LogP contribution in [0.15, 0.2) is 168 Å². The molecule has 7 aromatic carbocycles. The van der Waals surface area contributed by atoms with Crippen LogP contribution in [0.5, 0.6) is 0 Å². The van der Waals surface area contributed by atoms with Crippen LogP contribution in [0.1, 0.15) is 0 Å². The zero-order valence-electron chi connectivity index (χ0n) is 25.8. The molecule has 0 bridgehead atoms. The van der Waals surface area contributed by atoms with Crippen LogP contribution in [0.2, 0.25) is 5.02 Å². The molecule has 3 nitrogen and oxygen atoms in total. The second-order valence-corrected chi connectivity index (χ2v) is 12.3. The minimum absolute atomic E-state index is 0.645. The second-order valence-electron chi connectivity index (χ2n) is 11.9. The van der Waals surface area contributed by atoms with Crippen molar-refractivity contribution in [2.75, 3.05) is 0 Å². The predicted octanol–water partition coefficient (Wildman–Crippen LogP) is 12.5. The summed E-state index contributed by atoms with van der Waals surface area (Å²) in [5, 5.41) is 5.14. The molecule has 0 amide bonds. The first kappa shape index (κ1) is 28.2. The molecule has 0 unspecified atom stereocenters. The predicted molar refractivity (Wildman–Crippen MR) is 199 cm³/mol. The van der Waals surface area contributed by atoms with E-state index in [-0.39, 0.29) is 0 Å². The molecule has 0 radical (unpaired) electrons. The topological polar surface area (TPSA) is 38.9 Å². The SMILES string of the molecule is Clc1ccc(-c2cc(-c3cc4oc5ccccc5c4c4ccccc34)nc(-c3ccc(-c4ccccc4)cc3)n2)cc1-c1ccccc1. The summed E-state index contributed by atoms with van der Waals surface area (Å²) in [5.41, 5.74) is 10.5. The fraction of sp³-hybridized carbons (Fsp3) is 0. The number of fused-ring (bicyclic) bond motifs is 5. The van der Waals surface area contributed by atoms with E-state index in [0.717, 1.165) is 77.5 Å². The molecule has 0 atom stereocenters. The zero-order chi connectivity index (χ0) is 32.0. The van der Waals surface area contributed by atoms with Gasteiger partial charge in [-0.2, -0.15) is 0 Å². The number of aromatic nitrogens is 2. The minimum atomic E-state index is 0.645. The number of hydrogen-bond acceptors (Lipinski definition) is 3. The summed E-state index contributed by atoms with van der Waals surface area (Å²) < 4.78 is 6.43. The molecule has 0 N–H and O–H groups in total. The first-order valence-electron chi connectivity index (χ1n) is 15.9. The van der Waals surface area contributed by atoms with Gasteiger partial charge in [-0.05, 0) is 57.8 Å². The molecule has 0 aliphatic carbocycles. The maximum absolute atomic E-state index is 6.75. The molecule has 0 fully saturated rings. The summed E-state index contributed by atoms with van der Waals surface area (Å²) in [7, 11) is 0. The number of hydrogen-bond donors (Lipinski definition) is 0. The highest BCUT2D eigenvalue weighted by atomic mass is 35.5. The third-order valence-corrected chi connectivity index (χ3v) is 9.31. The van der Waals surface area contributed by atoms with Crippen LogP contribution < -0.4 is 0 Å². The van der Waals surface area contributed by atoms with Crippen molar-refractivity contribution in [3.8, 4) is 56.2 Å². The van der Waals surface area contributed by atoms with Crippen molar-refractivity contribution >= 4 is 44.3 Å². The van der Waals surface area contributed by atoms with E-state index < -0.39 is 0 Å². The number of rotatable bonds is 5. The quantitative estimate of drug-likeness (QED) is 0.189. The van der Waals surface area contributed by atoms with Crippen LogP contribution in [-0.4, -0.2) is 9.97 Å². The molecule has 0 spiro atoms. The molecule has 4 heteroatoms. The van der Waals surface area contributed by atoms with Crippen molar-refractivity contribution in [2.45, 2.75) is 0 Å². The van der Waals surface area contributed by atoms with E-state index in [1.54, 1.807) is 0 Å². The summed E-state index contributed by atoms with van der Waals surface area (Å²) in [5.74, 6) is 0.645. The number of para-hydroxylation sites is 1. The third kappa shape index (κ3) is 4.93. The molecule has 2 aromatic heterocycles. The summed E-state index contributed by atoms with van der Waals surface area (Å²) in [6.07, 6.45) is 0. The summed E-state index contributed by atoms with van der Waals surface area (Å²) in [4.78, 5) is 10.4. The monoisotopic (exact) mass is 634 g/mol. The Hall–Kier alpha value is -6.03. The summed E-state index contributed by atoms with van der Waals surface area (Å²) in [6.45, 7) is 0. The Labute approximate surface area is 282 Å². The van der Waals surface area contributed by atoms with Crippen molar-refractivity contribution in [3.05, 3.63) is 169 Å². The van der Waals surface area contributed by atoms with Gasteiger partial charge in [0.15, 0.2) is 5.82 Å². The van der Waals surface area contributed by atoms with Gasteiger partial charge in [0.05, 0.1) is 11.4 Å². The van der Waals surface area contributed by atoms with E-state index in [1.165, 1.54) is 5.56 Å². The Balaban J connectivity index is 1.27. The smallest absolute Gasteiger partial charge is 0.160 e. The lowest BCUT2D eigenvalue weighted by atomic mass is 9.96. The van der Waals surface area contributed by atoms with Crippen LogP contribution >= 0.6 is 11.6 Å². The largest absolute Gasteiger partial charge is 0.456 e. The van der Waals surface area contributed by atoms with Crippen molar-refractivity contribution in [2.24, 2.45) is 0 Å². The molecule has 0 saturated carbocycles. The van der Waals surface area contributed by atoms with Gasteiger partial charge in [0, 0.05) is 38.0 Å². The van der Waals surface area contributed by atoms with Crippen LogP contribution in [0.4, 0.5) is 0 Å². The normalized spacial score (nSPS) is 11.4. The molecule has 9 aromatic rings. The van der Waals surface area contributed by atoms with E-state index in [0.29, 0.717) is 10.8 Å². The summed E-state index contributed by atoms with van der Waals surface area (Å²) >= 11 is 6.75. The standard InChI is InChI=1S/C44H27ClN2O/c45-38-24-23-32(25-36(38)30-13-5-2-6-14-30)39-27-40(47-44(46-39)31-21-19-29(20-22-31)28-11-3-1-4-12-28)37-26-42-43(34-16-8-7-15-33(34)37)35-17-9-10-18-41(35)48-42/h1-27H. The Morgan fingerprint density at radius 3 is 1.75 bits per heavy atom. The van der Waals surface area contributed by atoms with Gasteiger partial charge in [0.1, 0.15) is 11.2 Å². The van der Waals surface area contributed by atoms with Crippen LogP contribution in [-0.2, 0) is 0 Å². The average molecular weight is 635 g/mol. The van der Waals surface area contributed by atoms with Gasteiger partial charge in [-0.25, -0.2) is 9.97 Å². The second kappa shape index (κ2) is 11.6. The Morgan fingerprint density at radius 2 is 0.979 bits per heavy atom. The van der Waals surface area contributed by atoms with E-state index in [4.69, 9.17) is 26.0 Å². The lowest BCUT2D eigenvalue weighted by molar-refractivity contribution is 0.669. The first-order valence-corrected chi connectivity index (χ1v) is 16.3. The molecule has 2 heterocycles. The van der Waals surface area contributed by atoms with Gasteiger partial charge in [0.2, 0.25) is 0 Å². The molecule has 0 saturated heterocycles. The van der Waals surface area contributed by atoms with Gasteiger partial charge < -0.3 is 4.42 Å². The first-order chi connectivity index (χ1) is 23.7. The molecular weight excluding hydrogens is 608 g/mol. The molecule has 0 aliphatic heterocycles. The van der Waals surface area contributed by atoms with Crippen LogP contribution in [0.25, 0.3) is 88.9 Å². The number of nitrogens with zero attached hydrogens (tertiary/aromatic N) is 2. The minimum Gasteiger partial charge on any atom is -0.456 e. The zero-order valence-corrected chi connectivity index (χ0v) is 26.5. The van der Waals surface area contributed by atoms with Gasteiger partial charge in [0.25, 0.3) is 0 Å². The van der Waals surface area contributed by atoms with Gasteiger partial charge in [-0.1, -0.05) is 145 Å². The van der Waals surface area contributed by atoms with Gasteiger partial charge in [-0.15, -0.1) is 0 Å². The number of halogens is 1. The Bertz CT molecular complexity index is 2610. The van der Waals surface area contributed by atoms with E-state index in [1.807, 2.05) is 48.5 Å². The summed E-state index contributed by atoms with van der Waals surface area (Å²) in [6, 6.07) is 56.1. The maximum atomic E-state index is 6.75. The average Bonchev–Trinajstić information content (AvgIpc) is 3.54. The van der Waals surface area contributed by atoms with Crippen LogP contribution in [0.3, 0.4) is 0 Å². The van der Waals surface area contributed by atoms with Crippen molar-refractivity contribution in [1.82, 2.24) is 9.97 Å². The maximum Gasteiger partial charge on any atom is 0.160 e. The molecule has 0 aliphatic rings. The fourth-order valence-electron chi connectivity index (χ4n) is 6.63. The number of furan rings is 1. The highest BCUT2D eigenvalue weighted by Crippen LogP contribution is 2.41. The van der Waals surface area contributed by atoms with E-state index >= 15 is 0 Å². The van der Waals surface area contributed by atoms with E-state index in [9.17, 15) is 0 Å². The lowest BCUT2D eigenvalue weighted by Crippen LogP contribution is -1.97. The van der Waals surface area contributed by atoms with Gasteiger partial charge >= 0.3 is 0 Å². The third-order valence-electron chi connectivity index (χ3n) is 8.98. The molecule has 9 rings (SSSR count). The van der Waals surface area contributed by atoms with Crippen molar-refractivity contribution in [3.63, 3.8) is 0 Å². The highest BCUT2D eigenvalue weighted by Gasteiger charge is 2.18. The Morgan fingerprint density at radius 1 is 0.396 bits per heavy atom. The molecular formula is C44H27ClN2O. The van der Waals surface area contributed by atoms with Crippen molar-refractivity contribution in [1.29, 1.82) is 0 Å². The Kier molecular flexibility index (Phi) is 6.84. The van der Waals surface area contributed by atoms with Gasteiger partial charge in [-0.3, -0.25) is 0 Å².